The molecule has 0 aromatic carbocycles. The van der Waals surface area contributed by atoms with E-state index in [1.165, 1.54) is 0 Å². The van der Waals surface area contributed by atoms with Gasteiger partial charge in [0.25, 0.3) is 0 Å². The highest BCUT2D eigenvalue weighted by Gasteiger charge is 2.46. The number of hydrogen-bond donors (Lipinski definition) is 2. The smallest absolute Gasteiger partial charge is 0.311 e. The number of piperidine rings is 1. The van der Waals surface area contributed by atoms with E-state index in [9.17, 15) is 14.7 Å². The second-order valence-electron chi connectivity index (χ2n) is 6.15. The van der Waals surface area contributed by atoms with Gasteiger partial charge in [-0.05, 0) is 39.3 Å². The summed E-state index contributed by atoms with van der Waals surface area (Å²) in [6.07, 6.45) is 2.24. The Bertz CT molecular complexity index is 363. The van der Waals surface area contributed by atoms with Crippen LogP contribution in [-0.2, 0) is 9.59 Å². The summed E-state index contributed by atoms with van der Waals surface area (Å²) in [5.74, 6) is -0.665. The van der Waals surface area contributed by atoms with Gasteiger partial charge in [-0.1, -0.05) is 6.92 Å². The Labute approximate surface area is 108 Å². The highest BCUT2D eigenvalue weighted by molar-refractivity contribution is 5.84. The first-order valence-corrected chi connectivity index (χ1v) is 6.61. The van der Waals surface area contributed by atoms with Crippen molar-refractivity contribution < 1.29 is 14.7 Å². The summed E-state index contributed by atoms with van der Waals surface area (Å²) < 4.78 is 0. The van der Waals surface area contributed by atoms with Gasteiger partial charge in [-0.3, -0.25) is 9.59 Å². The minimum atomic E-state index is -0.798. The largest absolute Gasteiger partial charge is 0.481 e. The van der Waals surface area contributed by atoms with E-state index < -0.39 is 11.4 Å². The number of carbonyl (C=O) groups is 2. The van der Waals surface area contributed by atoms with Crippen LogP contribution in [0.15, 0.2) is 0 Å². The number of carbonyl (C=O) groups excluding carboxylic acids is 1. The predicted octanol–water partition coefficient (Wildman–Crippen LogP) is 0.699. The second-order valence-corrected chi connectivity index (χ2v) is 6.15. The molecule has 2 fully saturated rings. The number of nitrogens with one attached hydrogen (secondary N) is 1. The summed E-state index contributed by atoms with van der Waals surface area (Å²) in [5, 5.41) is 12.5. The maximum absolute atomic E-state index is 12.5. The van der Waals surface area contributed by atoms with Crippen molar-refractivity contribution >= 4 is 11.9 Å². The van der Waals surface area contributed by atoms with Crippen molar-refractivity contribution in [2.75, 3.05) is 26.2 Å². The van der Waals surface area contributed by atoms with Crippen molar-refractivity contribution in [3.8, 4) is 0 Å². The lowest BCUT2D eigenvalue weighted by Gasteiger charge is -2.36. The van der Waals surface area contributed by atoms with Gasteiger partial charge < -0.3 is 15.3 Å². The number of rotatable bonds is 2. The lowest BCUT2D eigenvalue weighted by molar-refractivity contribution is -0.148. The lowest BCUT2D eigenvalue weighted by atomic mass is 9.79. The van der Waals surface area contributed by atoms with Crippen LogP contribution in [0.5, 0.6) is 0 Å². The third-order valence-corrected chi connectivity index (χ3v) is 4.50. The molecule has 102 valence electrons. The van der Waals surface area contributed by atoms with Crippen molar-refractivity contribution in [2.24, 2.45) is 10.8 Å². The fourth-order valence-corrected chi connectivity index (χ4v) is 2.88. The number of carboxylic acid groups (broad SMARTS) is 1. The second kappa shape index (κ2) is 4.53. The van der Waals surface area contributed by atoms with E-state index in [2.05, 4.69) is 5.32 Å². The number of hydrogen-bond acceptors (Lipinski definition) is 3. The first kappa shape index (κ1) is 13.3. The molecule has 2 aliphatic heterocycles. The molecule has 0 bridgehead atoms. The van der Waals surface area contributed by atoms with E-state index in [1.54, 1.807) is 11.8 Å². The minimum absolute atomic E-state index is 0.133. The van der Waals surface area contributed by atoms with E-state index in [4.69, 9.17) is 0 Å². The fourth-order valence-electron chi connectivity index (χ4n) is 2.88. The quantitative estimate of drug-likeness (QED) is 0.761. The Morgan fingerprint density at radius 1 is 1.11 bits per heavy atom. The molecule has 0 aromatic heterocycles. The number of carboxylic acids is 1. The van der Waals surface area contributed by atoms with Gasteiger partial charge in [0.2, 0.25) is 5.91 Å². The van der Waals surface area contributed by atoms with E-state index in [0.29, 0.717) is 19.5 Å². The highest BCUT2D eigenvalue weighted by Crippen LogP contribution is 2.36. The predicted molar refractivity (Wildman–Crippen MR) is 67.2 cm³/mol. The molecule has 0 aliphatic carbocycles. The van der Waals surface area contributed by atoms with Gasteiger partial charge >= 0.3 is 5.97 Å². The molecule has 1 amide bonds. The van der Waals surface area contributed by atoms with Crippen LogP contribution in [0.2, 0.25) is 0 Å². The molecule has 0 aromatic rings. The van der Waals surface area contributed by atoms with Gasteiger partial charge in [-0.2, -0.15) is 0 Å². The average molecular weight is 254 g/mol. The van der Waals surface area contributed by atoms with Crippen LogP contribution in [0, 0.1) is 10.8 Å². The molecule has 2 saturated heterocycles. The topological polar surface area (TPSA) is 69.6 Å². The number of nitrogens with zero attached hydrogens (tertiary/aromatic N) is 1. The van der Waals surface area contributed by atoms with Crippen molar-refractivity contribution in [1.82, 2.24) is 10.2 Å². The molecule has 5 nitrogen and oxygen atoms in total. The molecule has 18 heavy (non-hydrogen) atoms. The van der Waals surface area contributed by atoms with Crippen LogP contribution in [0.1, 0.15) is 33.1 Å². The van der Waals surface area contributed by atoms with Gasteiger partial charge in [0.1, 0.15) is 0 Å². The molecule has 2 N–H and O–H groups in total. The van der Waals surface area contributed by atoms with Gasteiger partial charge in [0, 0.05) is 18.5 Å². The number of likely N-dealkylation sites (tertiary alicyclic amines) is 1. The van der Waals surface area contributed by atoms with Crippen LogP contribution < -0.4 is 5.32 Å². The summed E-state index contributed by atoms with van der Waals surface area (Å²) in [6, 6.07) is 0. The lowest BCUT2D eigenvalue weighted by Crippen LogP contribution is -2.47. The zero-order chi connectivity index (χ0) is 13.4. The van der Waals surface area contributed by atoms with E-state index in [-0.39, 0.29) is 11.3 Å². The Kier molecular flexibility index (Phi) is 3.36. The molecule has 1 unspecified atom stereocenters. The number of aliphatic carboxylic acids is 1. The van der Waals surface area contributed by atoms with Crippen molar-refractivity contribution in [2.45, 2.75) is 33.1 Å². The molecule has 0 radical (unpaired) electrons. The Hall–Kier alpha value is -1.10. The molecule has 0 saturated carbocycles. The minimum Gasteiger partial charge on any atom is -0.481 e. The van der Waals surface area contributed by atoms with Crippen molar-refractivity contribution in [3.63, 3.8) is 0 Å². The Morgan fingerprint density at radius 2 is 1.72 bits per heavy atom. The van der Waals surface area contributed by atoms with Crippen LogP contribution in [0.25, 0.3) is 0 Å². The maximum Gasteiger partial charge on any atom is 0.311 e. The normalized spacial score (nSPS) is 31.3. The SMILES string of the molecule is CC1(C(=O)O)CCN(C(=O)C2(C)CCNCC2)C1. The summed E-state index contributed by atoms with van der Waals surface area (Å²) in [5.41, 5.74) is -1.08. The third kappa shape index (κ3) is 2.23. The summed E-state index contributed by atoms with van der Waals surface area (Å²) in [7, 11) is 0. The van der Waals surface area contributed by atoms with E-state index in [1.807, 2.05) is 6.92 Å². The van der Waals surface area contributed by atoms with Crippen molar-refractivity contribution in [1.29, 1.82) is 0 Å². The monoisotopic (exact) mass is 254 g/mol. The first-order valence-electron chi connectivity index (χ1n) is 6.61. The van der Waals surface area contributed by atoms with E-state index in [0.717, 1.165) is 25.9 Å². The zero-order valence-corrected chi connectivity index (χ0v) is 11.2. The van der Waals surface area contributed by atoms with Crippen molar-refractivity contribution in [3.05, 3.63) is 0 Å². The molecule has 2 rings (SSSR count). The van der Waals surface area contributed by atoms with Crippen LogP contribution in [0.3, 0.4) is 0 Å². The molecule has 2 heterocycles. The highest BCUT2D eigenvalue weighted by atomic mass is 16.4. The molecule has 0 spiro atoms. The average Bonchev–Trinajstić information content (AvgIpc) is 2.73. The van der Waals surface area contributed by atoms with Gasteiger partial charge in [-0.25, -0.2) is 0 Å². The maximum atomic E-state index is 12.5. The standard InChI is InChI=1S/C13H22N2O3/c1-12(3-6-14-7-4-12)10(16)15-8-5-13(2,9-15)11(17)18/h14H,3-9H2,1-2H3,(H,17,18). The van der Waals surface area contributed by atoms with Crippen LogP contribution in [-0.4, -0.2) is 48.1 Å². The van der Waals surface area contributed by atoms with E-state index >= 15 is 0 Å². The first-order chi connectivity index (χ1) is 8.37. The molecular weight excluding hydrogens is 232 g/mol. The zero-order valence-electron chi connectivity index (χ0n) is 11.2. The molecule has 2 aliphatic rings. The Morgan fingerprint density at radius 3 is 2.22 bits per heavy atom. The van der Waals surface area contributed by atoms with Gasteiger partial charge in [-0.15, -0.1) is 0 Å². The number of amides is 1. The van der Waals surface area contributed by atoms with Gasteiger partial charge in [0.05, 0.1) is 5.41 Å². The molecule has 5 heteroatoms. The molecule has 1 atom stereocenters. The summed E-state index contributed by atoms with van der Waals surface area (Å²) in [4.78, 5) is 25.5. The summed E-state index contributed by atoms with van der Waals surface area (Å²) >= 11 is 0. The third-order valence-electron chi connectivity index (χ3n) is 4.50. The van der Waals surface area contributed by atoms with Gasteiger partial charge in [0.15, 0.2) is 0 Å². The fraction of sp³-hybridized carbons (Fsp3) is 0.846. The summed E-state index contributed by atoms with van der Waals surface area (Å²) in [6.45, 7) is 6.40. The van der Waals surface area contributed by atoms with Crippen LogP contribution in [0.4, 0.5) is 0 Å². The van der Waals surface area contributed by atoms with Crippen LogP contribution >= 0.6 is 0 Å². The molecular formula is C13H22N2O3. The Balaban J connectivity index is 2.05.